The predicted octanol–water partition coefficient (Wildman–Crippen LogP) is 3.69. The molecule has 5 rings (SSSR count). The Balaban J connectivity index is 1.49. The number of pyridine rings is 1. The number of methoxy groups -OCH3 is 3. The van der Waals surface area contributed by atoms with Crippen molar-refractivity contribution in [1.82, 2.24) is 19.9 Å². The van der Waals surface area contributed by atoms with E-state index in [0.717, 1.165) is 0 Å². The van der Waals surface area contributed by atoms with Crippen molar-refractivity contribution in [3.63, 3.8) is 0 Å². The number of rotatable bonds is 8. The Hall–Kier alpha value is -5.02. The summed E-state index contributed by atoms with van der Waals surface area (Å²) in [7, 11) is 0.170. The maximum absolute atomic E-state index is 13.5. The quantitative estimate of drug-likeness (QED) is 0.290. The minimum atomic E-state index is -4.20. The van der Waals surface area contributed by atoms with E-state index in [1.807, 2.05) is 18.2 Å². The topological polar surface area (TPSA) is 131 Å². The molecule has 0 aliphatic carbocycles. The fourth-order valence-electron chi connectivity index (χ4n) is 3.87. The third-order valence-corrected chi connectivity index (χ3v) is 7.04. The Labute approximate surface area is 224 Å². The summed E-state index contributed by atoms with van der Waals surface area (Å²) in [6.07, 6.45) is 3.45. The summed E-state index contributed by atoms with van der Waals surface area (Å²) in [4.78, 5) is 4.34. The van der Waals surface area contributed by atoms with E-state index < -0.39 is 10.0 Å². The fraction of sp³-hybridized carbons (Fsp3) is 0.148. The maximum Gasteiger partial charge on any atom is 0.266 e. The lowest BCUT2D eigenvalue weighted by Gasteiger charge is -2.11. The monoisotopic (exact) mass is 545 g/mol. The number of fused-ring (bicyclic) bond motifs is 1. The lowest BCUT2D eigenvalue weighted by molar-refractivity contribution is 0.400. The summed E-state index contributed by atoms with van der Waals surface area (Å²) < 4.78 is 52.7. The number of para-hydroxylation sites is 1. The molecule has 0 unspecified atom stereocenters. The number of benzene rings is 2. The van der Waals surface area contributed by atoms with Gasteiger partial charge in [0.2, 0.25) is 5.88 Å². The van der Waals surface area contributed by atoms with Gasteiger partial charge in [-0.25, -0.2) is 13.4 Å². The molecule has 12 heteroatoms. The second-order valence-electron chi connectivity index (χ2n) is 8.15. The molecule has 3 aromatic heterocycles. The van der Waals surface area contributed by atoms with Crippen LogP contribution in [0.5, 0.6) is 17.4 Å². The number of nitrogens with zero attached hydrogens (tertiary/aromatic N) is 4. The number of ether oxygens (including phenoxy) is 3. The zero-order valence-corrected chi connectivity index (χ0v) is 22.0. The van der Waals surface area contributed by atoms with Crippen molar-refractivity contribution in [2.75, 3.05) is 26.1 Å². The van der Waals surface area contributed by atoms with Gasteiger partial charge < -0.3 is 18.7 Å². The summed E-state index contributed by atoms with van der Waals surface area (Å²) in [5, 5.41) is 8.38. The van der Waals surface area contributed by atoms with Crippen LogP contribution in [-0.4, -0.2) is 49.7 Å². The highest BCUT2D eigenvalue weighted by Crippen LogP contribution is 2.34. The number of nitrogens with one attached hydrogen (secondary N) is 1. The molecular weight excluding hydrogens is 522 g/mol. The summed E-state index contributed by atoms with van der Waals surface area (Å²) in [5.41, 5.74) is 2.01. The molecule has 1 N–H and O–H groups in total. The van der Waals surface area contributed by atoms with Crippen LogP contribution in [0.4, 0.5) is 5.82 Å². The lowest BCUT2D eigenvalue weighted by Crippen LogP contribution is -2.15. The van der Waals surface area contributed by atoms with Crippen LogP contribution in [0.3, 0.4) is 0 Å². The van der Waals surface area contributed by atoms with E-state index in [9.17, 15) is 8.42 Å². The van der Waals surface area contributed by atoms with E-state index in [1.165, 1.54) is 26.4 Å². The van der Waals surface area contributed by atoms with E-state index in [4.69, 9.17) is 18.7 Å². The molecule has 0 radical (unpaired) electrons. The molecule has 0 aliphatic heterocycles. The molecule has 0 saturated heterocycles. The first-order valence-corrected chi connectivity index (χ1v) is 13.1. The van der Waals surface area contributed by atoms with Crippen molar-refractivity contribution in [2.45, 2.75) is 11.4 Å². The Morgan fingerprint density at radius 3 is 2.54 bits per heavy atom. The molecular formula is C27H23N5O6S. The van der Waals surface area contributed by atoms with Gasteiger partial charge in [-0.3, -0.25) is 9.40 Å². The van der Waals surface area contributed by atoms with Crippen LogP contribution in [0, 0.1) is 11.8 Å². The Morgan fingerprint density at radius 1 is 0.974 bits per heavy atom. The van der Waals surface area contributed by atoms with Gasteiger partial charge in [0, 0.05) is 24.0 Å². The average molecular weight is 546 g/mol. The molecule has 11 nitrogen and oxygen atoms in total. The van der Waals surface area contributed by atoms with Crippen LogP contribution in [0.2, 0.25) is 0 Å². The first-order chi connectivity index (χ1) is 18.9. The number of anilines is 1. The highest BCUT2D eigenvalue weighted by atomic mass is 32.2. The third-order valence-electron chi connectivity index (χ3n) is 5.68. The van der Waals surface area contributed by atoms with E-state index >= 15 is 0 Å². The van der Waals surface area contributed by atoms with Crippen molar-refractivity contribution in [1.29, 1.82) is 0 Å². The van der Waals surface area contributed by atoms with Crippen LogP contribution in [0.15, 0.2) is 76.4 Å². The SMILES string of the molecule is COc1ccccc1C#Cc1ccc(OC)c(S(=O)(=O)Nc2noc3cc(Cn4cccn4)nc(OC)c23)c1. The molecule has 39 heavy (non-hydrogen) atoms. The molecule has 0 atom stereocenters. The van der Waals surface area contributed by atoms with Crippen molar-refractivity contribution < 1.29 is 27.2 Å². The van der Waals surface area contributed by atoms with E-state index in [1.54, 1.807) is 48.5 Å². The Bertz CT molecular complexity index is 1800. The number of sulfonamides is 1. The maximum atomic E-state index is 13.5. The zero-order chi connectivity index (χ0) is 27.4. The summed E-state index contributed by atoms with van der Waals surface area (Å²) in [6, 6.07) is 15.4. The standard InChI is InChI=1S/C27H23N5O6S/c1-35-21-8-5-4-7-19(21)11-9-18-10-12-22(36-2)24(15-18)39(33,34)31-26-25-23(38-30-26)16-20(29-27(25)37-3)17-32-14-6-13-28-32/h4-8,10,12-16H,17H2,1-3H3,(H,30,31). The molecule has 5 aromatic rings. The summed E-state index contributed by atoms with van der Waals surface area (Å²) in [5.74, 6) is 6.81. The molecule has 0 spiro atoms. The van der Waals surface area contributed by atoms with Gasteiger partial charge in [0.25, 0.3) is 10.0 Å². The van der Waals surface area contributed by atoms with Crippen LogP contribution in [-0.2, 0) is 16.6 Å². The van der Waals surface area contributed by atoms with Gasteiger partial charge in [0.1, 0.15) is 21.8 Å². The zero-order valence-electron chi connectivity index (χ0n) is 21.2. The van der Waals surface area contributed by atoms with E-state index in [0.29, 0.717) is 34.7 Å². The van der Waals surface area contributed by atoms with Crippen LogP contribution < -0.4 is 18.9 Å². The minimum Gasteiger partial charge on any atom is -0.495 e. The number of hydrogen-bond acceptors (Lipinski definition) is 9. The van der Waals surface area contributed by atoms with Gasteiger partial charge in [0.15, 0.2) is 11.4 Å². The average Bonchev–Trinajstić information content (AvgIpc) is 3.61. The predicted molar refractivity (Wildman–Crippen MR) is 142 cm³/mol. The van der Waals surface area contributed by atoms with E-state index in [-0.39, 0.29) is 27.7 Å². The third kappa shape index (κ3) is 5.34. The van der Waals surface area contributed by atoms with Gasteiger partial charge >= 0.3 is 0 Å². The highest BCUT2D eigenvalue weighted by Gasteiger charge is 2.25. The van der Waals surface area contributed by atoms with Crippen LogP contribution in [0.1, 0.15) is 16.8 Å². The van der Waals surface area contributed by atoms with Crippen molar-refractivity contribution in [3.05, 3.63) is 83.8 Å². The second-order valence-corrected chi connectivity index (χ2v) is 9.80. The Kier molecular flexibility index (Phi) is 7.07. The van der Waals surface area contributed by atoms with E-state index in [2.05, 4.69) is 31.8 Å². The molecule has 0 amide bonds. The molecule has 0 saturated carbocycles. The molecule has 0 fully saturated rings. The van der Waals surface area contributed by atoms with Crippen molar-refractivity contribution >= 4 is 26.8 Å². The van der Waals surface area contributed by atoms with Crippen molar-refractivity contribution in [2.24, 2.45) is 0 Å². The molecule has 3 heterocycles. The molecule has 2 aromatic carbocycles. The largest absolute Gasteiger partial charge is 0.495 e. The molecule has 0 aliphatic rings. The fourth-order valence-corrected chi connectivity index (χ4v) is 5.07. The molecule has 198 valence electrons. The van der Waals surface area contributed by atoms with Crippen LogP contribution >= 0.6 is 0 Å². The molecule has 0 bridgehead atoms. The summed E-state index contributed by atoms with van der Waals surface area (Å²) in [6.45, 7) is 0.362. The van der Waals surface area contributed by atoms with Gasteiger partial charge in [0.05, 0.1) is 39.1 Å². The lowest BCUT2D eigenvalue weighted by atomic mass is 10.1. The first kappa shape index (κ1) is 25.6. The second kappa shape index (κ2) is 10.8. The van der Waals surface area contributed by atoms with Gasteiger partial charge in [-0.15, -0.1) is 0 Å². The number of hydrogen-bond donors (Lipinski definition) is 1. The minimum absolute atomic E-state index is 0.0763. The first-order valence-electron chi connectivity index (χ1n) is 11.6. The smallest absolute Gasteiger partial charge is 0.266 e. The Morgan fingerprint density at radius 2 is 1.79 bits per heavy atom. The highest BCUT2D eigenvalue weighted by molar-refractivity contribution is 7.92. The van der Waals surface area contributed by atoms with Gasteiger partial charge in [-0.1, -0.05) is 29.1 Å². The normalized spacial score (nSPS) is 11.1. The van der Waals surface area contributed by atoms with Gasteiger partial charge in [-0.2, -0.15) is 5.10 Å². The van der Waals surface area contributed by atoms with Crippen LogP contribution in [0.25, 0.3) is 11.0 Å². The van der Waals surface area contributed by atoms with Crippen molar-refractivity contribution in [3.8, 4) is 29.2 Å². The summed E-state index contributed by atoms with van der Waals surface area (Å²) >= 11 is 0. The number of aromatic nitrogens is 4. The van der Waals surface area contributed by atoms with Gasteiger partial charge in [-0.05, 0) is 36.4 Å².